The summed E-state index contributed by atoms with van der Waals surface area (Å²) in [6.45, 7) is 4.67. The van der Waals surface area contributed by atoms with Crippen LogP contribution < -0.4 is 10.2 Å². The average Bonchev–Trinajstić information content (AvgIpc) is 3.34. The van der Waals surface area contributed by atoms with Gasteiger partial charge in [0.05, 0.1) is 5.92 Å². The second-order valence-electron chi connectivity index (χ2n) is 9.55. The van der Waals surface area contributed by atoms with Crippen LogP contribution in [0.2, 0.25) is 5.02 Å². The minimum Gasteiger partial charge on any atom is -0.370 e. The molecule has 9 nitrogen and oxygen atoms in total. The minimum atomic E-state index is -0.922. The van der Waals surface area contributed by atoms with Crippen molar-refractivity contribution >= 4 is 41.0 Å². The van der Waals surface area contributed by atoms with E-state index in [-0.39, 0.29) is 30.1 Å². The van der Waals surface area contributed by atoms with E-state index in [1.54, 1.807) is 43.3 Å². The van der Waals surface area contributed by atoms with Crippen LogP contribution in [0.15, 0.2) is 54.9 Å². The smallest absolute Gasteiger partial charge is 0.252 e. The standard InChI is InChI=1S/C28H33ClN6O3/c1-5-19(20-8-7-9-21(29)16-20)17-25(36)35-26(28(38)34(4)24-11-13-33(3)32-24)22(27(35)37)14-18-10-12-31-23(15-18)30-6-2/h7-13,15-16,19,22,26H,5-6,14,17H2,1-4H3,(H,30,31)/t19-,22+,26-/m0/s1. The molecule has 4 rings (SSSR count). The SMILES string of the molecule is CCNc1cc(C[C@H]2C(=O)N(C(=O)C[C@H](CC)c3cccc(Cl)c3)[C@@H]2C(=O)N(C)c2ccn(C)n2)ccn1. The maximum absolute atomic E-state index is 13.7. The Balaban J connectivity index is 1.60. The number of hydrogen-bond donors (Lipinski definition) is 1. The summed E-state index contributed by atoms with van der Waals surface area (Å²) in [6.07, 6.45) is 4.52. The first-order valence-corrected chi connectivity index (χ1v) is 13.2. The first-order chi connectivity index (χ1) is 18.2. The van der Waals surface area contributed by atoms with Crippen molar-refractivity contribution in [2.24, 2.45) is 13.0 Å². The Bertz CT molecular complexity index is 1330. The number of β-lactam (4-membered cyclic amide) rings is 1. The van der Waals surface area contributed by atoms with Crippen LogP contribution in [-0.4, -0.2) is 57.0 Å². The molecule has 38 heavy (non-hydrogen) atoms. The van der Waals surface area contributed by atoms with Gasteiger partial charge >= 0.3 is 0 Å². The summed E-state index contributed by atoms with van der Waals surface area (Å²) in [4.78, 5) is 47.5. The number of nitrogens with zero attached hydrogens (tertiary/aromatic N) is 5. The third-order valence-corrected chi connectivity index (χ3v) is 7.22. The molecular weight excluding hydrogens is 504 g/mol. The number of rotatable bonds is 10. The van der Waals surface area contributed by atoms with Crippen molar-refractivity contribution in [2.45, 2.75) is 45.1 Å². The summed E-state index contributed by atoms with van der Waals surface area (Å²) in [5, 5.41) is 8.07. The van der Waals surface area contributed by atoms with Gasteiger partial charge in [0.15, 0.2) is 5.82 Å². The molecule has 0 unspecified atom stereocenters. The van der Waals surface area contributed by atoms with E-state index in [1.165, 1.54) is 4.90 Å². The lowest BCUT2D eigenvalue weighted by molar-refractivity contribution is -0.170. The van der Waals surface area contributed by atoms with E-state index in [0.717, 1.165) is 16.0 Å². The van der Waals surface area contributed by atoms with Crippen molar-refractivity contribution in [3.05, 3.63) is 71.0 Å². The van der Waals surface area contributed by atoms with Crippen molar-refractivity contribution in [2.75, 3.05) is 23.8 Å². The number of halogens is 1. The number of benzene rings is 1. The number of carbonyl (C=O) groups is 3. The highest BCUT2D eigenvalue weighted by Crippen LogP contribution is 2.35. The Morgan fingerprint density at radius 3 is 2.63 bits per heavy atom. The summed E-state index contributed by atoms with van der Waals surface area (Å²) in [5.41, 5.74) is 1.80. The number of nitrogens with one attached hydrogen (secondary N) is 1. The maximum Gasteiger partial charge on any atom is 0.252 e. The van der Waals surface area contributed by atoms with Crippen molar-refractivity contribution in [3.63, 3.8) is 0 Å². The predicted molar refractivity (Wildman–Crippen MR) is 147 cm³/mol. The third-order valence-electron chi connectivity index (χ3n) is 6.98. The van der Waals surface area contributed by atoms with Gasteiger partial charge in [0.2, 0.25) is 11.8 Å². The summed E-state index contributed by atoms with van der Waals surface area (Å²) < 4.78 is 1.60. The van der Waals surface area contributed by atoms with Crippen LogP contribution in [0.25, 0.3) is 0 Å². The van der Waals surface area contributed by atoms with Crippen molar-refractivity contribution in [3.8, 4) is 0 Å². The average molecular weight is 537 g/mol. The van der Waals surface area contributed by atoms with Crippen LogP contribution in [0.1, 0.15) is 43.7 Å². The number of likely N-dealkylation sites (tertiary alicyclic amines) is 1. The monoisotopic (exact) mass is 536 g/mol. The highest BCUT2D eigenvalue weighted by Gasteiger charge is 2.55. The molecule has 0 radical (unpaired) electrons. The Labute approximate surface area is 227 Å². The van der Waals surface area contributed by atoms with E-state index >= 15 is 0 Å². The first kappa shape index (κ1) is 27.3. The fourth-order valence-electron chi connectivity index (χ4n) is 4.90. The highest BCUT2D eigenvalue weighted by molar-refractivity contribution is 6.30. The van der Waals surface area contributed by atoms with E-state index in [0.29, 0.717) is 36.0 Å². The number of anilines is 2. The summed E-state index contributed by atoms with van der Waals surface area (Å²) in [7, 11) is 3.38. The molecule has 1 N–H and O–H groups in total. The van der Waals surface area contributed by atoms with Gasteiger partial charge in [-0.2, -0.15) is 5.10 Å². The summed E-state index contributed by atoms with van der Waals surface area (Å²) in [6, 6.07) is 11.9. The van der Waals surface area contributed by atoms with Gasteiger partial charge in [0.25, 0.3) is 5.91 Å². The molecule has 0 saturated carbocycles. The number of imide groups is 1. The Hall–Kier alpha value is -3.72. The number of hydrogen-bond acceptors (Lipinski definition) is 6. The van der Waals surface area contributed by atoms with Crippen LogP contribution in [0.3, 0.4) is 0 Å². The number of likely N-dealkylation sites (N-methyl/N-ethyl adjacent to an activating group) is 1. The van der Waals surface area contributed by atoms with Gasteiger partial charge in [-0.1, -0.05) is 30.7 Å². The molecular formula is C28H33ClN6O3. The Morgan fingerprint density at radius 2 is 1.97 bits per heavy atom. The second-order valence-corrected chi connectivity index (χ2v) is 9.98. The number of pyridine rings is 1. The molecule has 3 amide bonds. The third kappa shape index (κ3) is 5.72. The summed E-state index contributed by atoms with van der Waals surface area (Å²) in [5.74, 6) is -0.698. The molecule has 1 fully saturated rings. The van der Waals surface area contributed by atoms with Gasteiger partial charge in [-0.05, 0) is 61.1 Å². The molecule has 0 spiro atoms. The van der Waals surface area contributed by atoms with Crippen LogP contribution >= 0.6 is 11.6 Å². The van der Waals surface area contributed by atoms with Crippen LogP contribution in [0, 0.1) is 5.92 Å². The maximum atomic E-state index is 13.7. The lowest BCUT2D eigenvalue weighted by Crippen LogP contribution is -2.69. The predicted octanol–water partition coefficient (Wildman–Crippen LogP) is 4.04. The van der Waals surface area contributed by atoms with Gasteiger partial charge in [-0.25, -0.2) is 4.98 Å². The molecule has 3 atom stereocenters. The number of aryl methyl sites for hydroxylation is 1. The summed E-state index contributed by atoms with van der Waals surface area (Å²) >= 11 is 6.18. The number of aromatic nitrogens is 3. The molecule has 200 valence electrons. The lowest BCUT2D eigenvalue weighted by Gasteiger charge is -2.46. The van der Waals surface area contributed by atoms with E-state index < -0.39 is 12.0 Å². The zero-order valence-corrected chi connectivity index (χ0v) is 22.9. The number of carbonyl (C=O) groups excluding carboxylic acids is 3. The van der Waals surface area contributed by atoms with E-state index in [4.69, 9.17) is 11.6 Å². The van der Waals surface area contributed by atoms with E-state index in [1.807, 2.05) is 44.2 Å². The molecule has 10 heteroatoms. The number of amides is 3. The van der Waals surface area contributed by atoms with Crippen molar-refractivity contribution < 1.29 is 14.4 Å². The zero-order chi connectivity index (χ0) is 27.4. The van der Waals surface area contributed by atoms with Crippen molar-refractivity contribution in [1.82, 2.24) is 19.7 Å². The molecule has 3 heterocycles. The zero-order valence-electron chi connectivity index (χ0n) is 22.1. The highest BCUT2D eigenvalue weighted by atomic mass is 35.5. The molecule has 1 aliphatic heterocycles. The molecule has 0 bridgehead atoms. The molecule has 2 aromatic heterocycles. The molecule has 1 saturated heterocycles. The quantitative estimate of drug-likeness (QED) is 0.392. The van der Waals surface area contributed by atoms with Gasteiger partial charge in [-0.15, -0.1) is 0 Å². The van der Waals surface area contributed by atoms with Crippen molar-refractivity contribution in [1.29, 1.82) is 0 Å². The molecule has 0 aliphatic carbocycles. The largest absolute Gasteiger partial charge is 0.370 e. The first-order valence-electron chi connectivity index (χ1n) is 12.8. The van der Waals surface area contributed by atoms with Gasteiger partial charge < -0.3 is 5.32 Å². The lowest BCUT2D eigenvalue weighted by atomic mass is 9.80. The second kappa shape index (κ2) is 11.8. The van der Waals surface area contributed by atoms with Crippen LogP contribution in [0.5, 0.6) is 0 Å². The minimum absolute atomic E-state index is 0.103. The topological polar surface area (TPSA) is 100 Å². The Kier molecular flexibility index (Phi) is 8.46. The van der Waals surface area contributed by atoms with E-state index in [9.17, 15) is 14.4 Å². The normalized spacial score (nSPS) is 17.6. The van der Waals surface area contributed by atoms with Crippen LogP contribution in [-0.2, 0) is 27.9 Å². The molecule has 1 aliphatic rings. The van der Waals surface area contributed by atoms with Crippen LogP contribution in [0.4, 0.5) is 11.6 Å². The van der Waals surface area contributed by atoms with Gasteiger partial charge in [-0.3, -0.25) is 28.9 Å². The molecule has 1 aromatic carbocycles. The Morgan fingerprint density at radius 1 is 1.18 bits per heavy atom. The fraction of sp³-hybridized carbons (Fsp3) is 0.393. The van der Waals surface area contributed by atoms with Gasteiger partial charge in [0, 0.05) is 50.5 Å². The fourth-order valence-corrected chi connectivity index (χ4v) is 5.10. The van der Waals surface area contributed by atoms with E-state index in [2.05, 4.69) is 15.4 Å². The van der Waals surface area contributed by atoms with Gasteiger partial charge in [0.1, 0.15) is 11.9 Å². The molecule has 3 aromatic rings.